The highest BCUT2D eigenvalue weighted by Gasteiger charge is 2.54. The molecule has 3 nitrogen and oxygen atoms in total. The summed E-state index contributed by atoms with van der Waals surface area (Å²) in [5.74, 6) is 1.27. The summed E-state index contributed by atoms with van der Waals surface area (Å²) in [6, 6.07) is 2.55. The Hall–Kier alpha value is -1.76. The second-order valence-electron chi connectivity index (χ2n) is 18.6. The lowest BCUT2D eigenvalue weighted by atomic mass is 9.61. The van der Waals surface area contributed by atoms with Gasteiger partial charge in [0.1, 0.15) is 0 Å². The zero-order chi connectivity index (χ0) is 38.3. The summed E-state index contributed by atoms with van der Waals surface area (Å²) < 4.78 is 0. The molecule has 0 fully saturated rings. The molecule has 0 N–H and O–H groups in total. The molecule has 3 aromatic rings. The molecule has 1 aliphatic heterocycles. The Bertz CT molecular complexity index is 1760. The Morgan fingerprint density at radius 3 is 1.87 bits per heavy atom. The molecule has 2 amide bonds. The van der Waals surface area contributed by atoms with Crippen LogP contribution in [0.25, 0.3) is 19.5 Å². The molecule has 0 aromatic carbocycles. The van der Waals surface area contributed by atoms with E-state index in [1.807, 2.05) is 11.3 Å². The van der Waals surface area contributed by atoms with Crippen LogP contribution in [0.3, 0.4) is 0 Å². The largest absolute Gasteiger partial charge is 0.274 e. The summed E-state index contributed by atoms with van der Waals surface area (Å²) in [5, 5.41) is 0. The van der Waals surface area contributed by atoms with Gasteiger partial charge in [-0.05, 0) is 65.7 Å². The van der Waals surface area contributed by atoms with Crippen molar-refractivity contribution in [3.05, 3.63) is 43.6 Å². The summed E-state index contributed by atoms with van der Waals surface area (Å²) >= 11 is 5.76. The van der Waals surface area contributed by atoms with E-state index in [9.17, 15) is 9.59 Å². The fraction of sp³-hybridized carbons (Fsp3) is 0.702. The maximum Gasteiger partial charge on any atom is 0.263 e. The first-order chi connectivity index (χ1) is 25.3. The summed E-state index contributed by atoms with van der Waals surface area (Å²) in [7, 11) is 0. The van der Waals surface area contributed by atoms with Crippen molar-refractivity contribution < 1.29 is 9.59 Å². The number of hydrogen-bond donors (Lipinski definition) is 0. The van der Waals surface area contributed by atoms with Crippen molar-refractivity contribution in [3.8, 4) is 19.5 Å². The zero-order valence-corrected chi connectivity index (χ0v) is 37.4. The maximum atomic E-state index is 14.4. The van der Waals surface area contributed by atoms with E-state index in [4.69, 9.17) is 0 Å². The second kappa shape index (κ2) is 16.4. The van der Waals surface area contributed by atoms with Crippen LogP contribution in [0.4, 0.5) is 0 Å². The van der Waals surface area contributed by atoms with Crippen LogP contribution < -0.4 is 0 Å². The van der Waals surface area contributed by atoms with Crippen LogP contribution >= 0.6 is 34.0 Å². The molecule has 292 valence electrons. The fourth-order valence-corrected chi connectivity index (χ4v) is 14.3. The van der Waals surface area contributed by atoms with Crippen LogP contribution in [0.2, 0.25) is 0 Å². The molecule has 6 heteroatoms. The summed E-state index contributed by atoms with van der Waals surface area (Å²) in [6.45, 7) is 23.8. The van der Waals surface area contributed by atoms with E-state index >= 15 is 0 Å². The zero-order valence-electron chi connectivity index (χ0n) is 34.9. The topological polar surface area (TPSA) is 37.4 Å². The van der Waals surface area contributed by atoms with E-state index in [2.05, 4.69) is 86.6 Å². The molecule has 2 unspecified atom stereocenters. The molecule has 6 rings (SSSR count). The molecule has 3 aliphatic rings. The van der Waals surface area contributed by atoms with Crippen LogP contribution in [0, 0.1) is 11.8 Å². The van der Waals surface area contributed by atoms with Gasteiger partial charge in [-0.3, -0.25) is 14.5 Å². The van der Waals surface area contributed by atoms with Gasteiger partial charge in [-0.25, -0.2) is 0 Å². The quantitative estimate of drug-likeness (QED) is 0.0847. The van der Waals surface area contributed by atoms with Crippen molar-refractivity contribution in [2.24, 2.45) is 11.8 Å². The van der Waals surface area contributed by atoms with Crippen molar-refractivity contribution in [3.63, 3.8) is 0 Å². The Balaban J connectivity index is 1.48. The Labute approximate surface area is 334 Å². The third-order valence-electron chi connectivity index (χ3n) is 13.0. The van der Waals surface area contributed by atoms with E-state index in [0.717, 1.165) is 22.6 Å². The minimum Gasteiger partial charge on any atom is -0.274 e. The van der Waals surface area contributed by atoms with Gasteiger partial charge in [-0.1, -0.05) is 153 Å². The Kier molecular flexibility index (Phi) is 12.6. The lowest BCUT2D eigenvalue weighted by Crippen LogP contribution is -2.37. The molecule has 3 aromatic heterocycles. The van der Waals surface area contributed by atoms with Crippen LogP contribution in [0.1, 0.15) is 219 Å². The molecule has 0 spiro atoms. The monoisotopic (exact) mass is 775 g/mol. The molecule has 4 heterocycles. The van der Waals surface area contributed by atoms with Gasteiger partial charge < -0.3 is 0 Å². The predicted octanol–water partition coefficient (Wildman–Crippen LogP) is 15.1. The minimum atomic E-state index is -0.223. The number of imide groups is 1. The van der Waals surface area contributed by atoms with Gasteiger partial charge in [0.2, 0.25) is 0 Å². The van der Waals surface area contributed by atoms with Gasteiger partial charge in [0.15, 0.2) is 0 Å². The molecule has 0 radical (unpaired) electrons. The van der Waals surface area contributed by atoms with Crippen molar-refractivity contribution >= 4 is 45.8 Å². The molecular formula is C47H69NO2S3. The molecule has 53 heavy (non-hydrogen) atoms. The molecule has 0 saturated heterocycles. The fourth-order valence-electron chi connectivity index (χ4n) is 9.96. The number of rotatable bonds is 20. The highest BCUT2D eigenvalue weighted by molar-refractivity contribution is 7.27. The molecule has 0 bridgehead atoms. The van der Waals surface area contributed by atoms with Crippen LogP contribution in [0.15, 0.2) is 6.07 Å². The van der Waals surface area contributed by atoms with Crippen LogP contribution in [0.5, 0.6) is 0 Å². The molecule has 2 atom stereocenters. The molecular weight excluding hydrogens is 707 g/mol. The molecule has 0 saturated carbocycles. The third kappa shape index (κ3) is 7.45. The highest BCUT2D eigenvalue weighted by atomic mass is 32.1. The minimum absolute atomic E-state index is 0.0137. The maximum absolute atomic E-state index is 14.4. The van der Waals surface area contributed by atoms with E-state index in [-0.39, 0.29) is 28.1 Å². The number of fused-ring (bicyclic) bond motifs is 6. The number of carbonyl (C=O) groups is 2. The van der Waals surface area contributed by atoms with Crippen LogP contribution in [-0.4, -0.2) is 23.3 Å². The van der Waals surface area contributed by atoms with Gasteiger partial charge in [0.05, 0.1) is 16.0 Å². The van der Waals surface area contributed by atoms with Crippen molar-refractivity contribution in [2.75, 3.05) is 6.54 Å². The van der Waals surface area contributed by atoms with Crippen molar-refractivity contribution in [1.29, 1.82) is 0 Å². The number of amides is 2. The van der Waals surface area contributed by atoms with Gasteiger partial charge in [-0.15, -0.1) is 34.0 Å². The normalized spacial score (nSPS) is 19.7. The van der Waals surface area contributed by atoms with Crippen molar-refractivity contribution in [1.82, 2.24) is 4.90 Å². The third-order valence-corrected chi connectivity index (χ3v) is 17.7. The van der Waals surface area contributed by atoms with Gasteiger partial charge in [0.25, 0.3) is 11.8 Å². The highest BCUT2D eigenvalue weighted by Crippen LogP contribution is 2.67. The summed E-state index contributed by atoms with van der Waals surface area (Å²) in [4.78, 5) is 38.2. The standard InChI is InChI=1S/C47H69NO2S3/c1-11-16-19-20-21-22-25-48-43(49)35-36(44(48)50)42(45(6,7)8)52-39(35)34-26-33-38(51-34)40-37(32-29-46(9,10)41(32)53-40)47(33,27-30(14-4)23-17-12-2)28-31(15-5)24-18-13-3/h26,30-31H,11-25,27-29H2,1-10H3. The lowest BCUT2D eigenvalue weighted by molar-refractivity contribution is 0.0650. The van der Waals surface area contributed by atoms with Crippen LogP contribution in [-0.2, 0) is 22.7 Å². The molecule has 2 aliphatic carbocycles. The first-order valence-corrected chi connectivity index (χ1v) is 24.1. The number of carbonyl (C=O) groups excluding carboxylic acids is 2. The van der Waals surface area contributed by atoms with E-state index < -0.39 is 0 Å². The van der Waals surface area contributed by atoms with E-state index in [0.29, 0.717) is 29.5 Å². The average molecular weight is 776 g/mol. The Morgan fingerprint density at radius 2 is 1.30 bits per heavy atom. The van der Waals surface area contributed by atoms with Gasteiger partial charge >= 0.3 is 0 Å². The van der Waals surface area contributed by atoms with E-state index in [1.54, 1.807) is 42.7 Å². The first kappa shape index (κ1) is 40.9. The number of thiophene rings is 3. The second-order valence-corrected chi connectivity index (χ2v) is 21.7. The van der Waals surface area contributed by atoms with Gasteiger partial charge in [-0.2, -0.15) is 0 Å². The summed E-state index contributed by atoms with van der Waals surface area (Å²) in [5.41, 5.74) is 6.37. The number of hydrogen-bond acceptors (Lipinski definition) is 5. The summed E-state index contributed by atoms with van der Waals surface area (Å²) in [6.07, 6.45) is 20.6. The Morgan fingerprint density at radius 1 is 0.717 bits per heavy atom. The lowest BCUT2D eigenvalue weighted by Gasteiger charge is -2.42. The predicted molar refractivity (Wildman–Crippen MR) is 232 cm³/mol. The number of nitrogens with zero attached hydrogens (tertiary/aromatic N) is 1. The van der Waals surface area contributed by atoms with Gasteiger partial charge in [0, 0.05) is 41.8 Å². The van der Waals surface area contributed by atoms with E-state index in [1.165, 1.54) is 106 Å². The SMILES string of the molecule is CCCCCCCCN1C(=O)c2c(-c3cc4c(s3)-c3sc5c(c3C4(CC(CC)CCCC)CC(CC)CCCC)CC5(C)C)sc(C(C)(C)C)c2C1=O. The smallest absolute Gasteiger partial charge is 0.263 e. The first-order valence-electron chi connectivity index (χ1n) is 21.6. The number of unbranched alkanes of at least 4 members (excludes halogenated alkanes) is 7. The van der Waals surface area contributed by atoms with Crippen molar-refractivity contribution in [2.45, 2.75) is 195 Å². The average Bonchev–Trinajstić information content (AvgIpc) is 3.90.